The Morgan fingerprint density at radius 2 is 2.11 bits per heavy atom. The maximum atomic E-state index is 11.8. The molecule has 1 aliphatic rings. The van der Waals surface area contributed by atoms with Gasteiger partial charge in [0.1, 0.15) is 0 Å². The number of hydrogen-bond donors (Lipinski definition) is 2. The van der Waals surface area contributed by atoms with E-state index in [4.69, 9.17) is 16.3 Å². The van der Waals surface area contributed by atoms with Gasteiger partial charge in [0.2, 0.25) is 0 Å². The third-order valence-electron chi connectivity index (χ3n) is 4.80. The van der Waals surface area contributed by atoms with Crippen LogP contribution in [0.5, 0.6) is 0 Å². The van der Waals surface area contributed by atoms with Crippen molar-refractivity contribution in [3.63, 3.8) is 0 Å². The zero-order valence-corrected chi connectivity index (χ0v) is 16.1. The lowest BCUT2D eigenvalue weighted by molar-refractivity contribution is 0.0698. The number of ether oxygens (including phenoxy) is 1. The van der Waals surface area contributed by atoms with E-state index < -0.39 is 5.97 Å². The van der Waals surface area contributed by atoms with E-state index in [-0.39, 0.29) is 5.56 Å². The van der Waals surface area contributed by atoms with Crippen LogP contribution in [0.15, 0.2) is 48.7 Å². The van der Waals surface area contributed by atoms with Crippen molar-refractivity contribution < 1.29 is 14.6 Å². The molecule has 0 saturated heterocycles. The summed E-state index contributed by atoms with van der Waals surface area (Å²) in [4.78, 5) is 16.3. The molecular weight excluding hydrogens is 376 g/mol. The molecule has 0 radical (unpaired) electrons. The van der Waals surface area contributed by atoms with Gasteiger partial charge in [-0.15, -0.1) is 0 Å². The number of hydrogen-bond acceptors (Lipinski definition) is 4. The second kappa shape index (κ2) is 7.62. The molecule has 142 valence electrons. The van der Waals surface area contributed by atoms with Crippen LogP contribution in [-0.4, -0.2) is 29.3 Å². The number of benzene rings is 2. The molecule has 0 atom stereocenters. The molecule has 0 saturated carbocycles. The number of nitrogens with zero attached hydrogens (tertiary/aromatic N) is 1. The third kappa shape index (κ3) is 3.59. The van der Waals surface area contributed by atoms with Gasteiger partial charge in [-0.1, -0.05) is 29.3 Å². The van der Waals surface area contributed by atoms with Crippen molar-refractivity contribution in [3.05, 3.63) is 70.4 Å². The molecule has 2 heterocycles. The molecule has 1 aromatic heterocycles. The number of carboxylic acids is 1. The van der Waals surface area contributed by atoms with E-state index in [2.05, 4.69) is 10.3 Å². The summed E-state index contributed by atoms with van der Waals surface area (Å²) in [5.74, 6) is -0.977. The lowest BCUT2D eigenvalue weighted by atomic mass is 9.98. The second-order valence-corrected chi connectivity index (χ2v) is 7.18. The smallest absolute Gasteiger partial charge is 0.337 e. The molecule has 5 nitrogen and oxygen atoms in total. The molecule has 0 unspecified atom stereocenters. The minimum Gasteiger partial charge on any atom is -0.478 e. The molecule has 0 aliphatic carbocycles. The number of pyridine rings is 1. The van der Waals surface area contributed by atoms with E-state index in [0.717, 1.165) is 39.7 Å². The third-order valence-corrected chi connectivity index (χ3v) is 5.04. The zero-order valence-electron chi connectivity index (χ0n) is 15.3. The summed E-state index contributed by atoms with van der Waals surface area (Å²) >= 11 is 6.25. The topological polar surface area (TPSA) is 71.5 Å². The van der Waals surface area contributed by atoms with Gasteiger partial charge in [0, 0.05) is 22.2 Å². The van der Waals surface area contributed by atoms with Gasteiger partial charge < -0.3 is 15.2 Å². The number of aryl methyl sites for hydroxylation is 1. The van der Waals surface area contributed by atoms with E-state index >= 15 is 0 Å². The van der Waals surface area contributed by atoms with Crippen molar-refractivity contribution >= 4 is 45.4 Å². The molecular formula is C22H19ClN2O3. The van der Waals surface area contributed by atoms with E-state index in [1.165, 1.54) is 0 Å². The van der Waals surface area contributed by atoms with Gasteiger partial charge in [0.15, 0.2) is 0 Å². The second-order valence-electron chi connectivity index (χ2n) is 6.74. The normalized spacial score (nSPS) is 14.0. The van der Waals surface area contributed by atoms with Gasteiger partial charge >= 0.3 is 5.97 Å². The molecule has 6 heteroatoms. The fourth-order valence-corrected chi connectivity index (χ4v) is 3.57. The maximum Gasteiger partial charge on any atom is 0.337 e. The number of anilines is 2. The Balaban J connectivity index is 1.92. The van der Waals surface area contributed by atoms with Crippen LogP contribution in [0, 0.1) is 6.92 Å². The lowest BCUT2D eigenvalue weighted by Gasteiger charge is -2.20. The highest BCUT2D eigenvalue weighted by Gasteiger charge is 2.18. The average molecular weight is 395 g/mol. The minimum absolute atomic E-state index is 0.221. The Morgan fingerprint density at radius 3 is 2.86 bits per heavy atom. The van der Waals surface area contributed by atoms with Crippen LogP contribution in [0.4, 0.5) is 11.4 Å². The largest absolute Gasteiger partial charge is 0.478 e. The number of carboxylic acid groups (broad SMARTS) is 1. The Kier molecular flexibility index (Phi) is 5.03. The Morgan fingerprint density at radius 1 is 1.25 bits per heavy atom. The summed E-state index contributed by atoms with van der Waals surface area (Å²) in [5.41, 5.74) is 5.26. The van der Waals surface area contributed by atoms with Crippen molar-refractivity contribution in [2.75, 3.05) is 18.5 Å². The van der Waals surface area contributed by atoms with E-state index in [1.54, 1.807) is 18.2 Å². The van der Waals surface area contributed by atoms with Crippen LogP contribution in [-0.2, 0) is 4.74 Å². The monoisotopic (exact) mass is 394 g/mol. The Bertz CT molecular complexity index is 1110. The highest BCUT2D eigenvalue weighted by atomic mass is 35.5. The highest BCUT2D eigenvalue weighted by molar-refractivity contribution is 6.31. The van der Waals surface area contributed by atoms with Crippen LogP contribution in [0.2, 0.25) is 5.02 Å². The van der Waals surface area contributed by atoms with Crippen LogP contribution in [0.25, 0.3) is 16.5 Å². The molecule has 0 bridgehead atoms. The van der Waals surface area contributed by atoms with Crippen LogP contribution < -0.4 is 5.32 Å². The summed E-state index contributed by atoms with van der Waals surface area (Å²) in [5, 5.41) is 14.4. The fourth-order valence-electron chi connectivity index (χ4n) is 3.39. The summed E-state index contributed by atoms with van der Waals surface area (Å²) in [6.45, 7) is 3.06. The number of aromatic nitrogens is 1. The number of nitrogens with one attached hydrogen (secondary N) is 1. The van der Waals surface area contributed by atoms with Crippen molar-refractivity contribution in [3.8, 4) is 0 Å². The first-order valence-corrected chi connectivity index (χ1v) is 9.37. The van der Waals surface area contributed by atoms with E-state index in [1.807, 2.05) is 37.4 Å². The number of fused-ring (bicyclic) bond motifs is 1. The zero-order chi connectivity index (χ0) is 19.7. The summed E-state index contributed by atoms with van der Waals surface area (Å²) in [6, 6.07) is 10.8. The first-order chi connectivity index (χ1) is 13.5. The van der Waals surface area contributed by atoms with Crippen molar-refractivity contribution in [1.82, 2.24) is 4.98 Å². The van der Waals surface area contributed by atoms with E-state index in [9.17, 15) is 9.90 Å². The number of halogens is 1. The molecule has 0 amide bonds. The molecule has 28 heavy (non-hydrogen) atoms. The Hall–Kier alpha value is -2.89. The predicted molar refractivity (Wildman–Crippen MR) is 112 cm³/mol. The van der Waals surface area contributed by atoms with Crippen molar-refractivity contribution in [2.45, 2.75) is 13.3 Å². The molecule has 0 spiro atoms. The van der Waals surface area contributed by atoms with Crippen molar-refractivity contribution in [1.29, 1.82) is 0 Å². The SMILES string of the molecule is Cc1ccc(Nc2c(C3=CCOCC3)cnc3ccc(Cl)cc23)c(C(=O)O)c1. The van der Waals surface area contributed by atoms with Crippen LogP contribution in [0.3, 0.4) is 0 Å². The average Bonchev–Trinajstić information content (AvgIpc) is 2.70. The van der Waals surface area contributed by atoms with Crippen LogP contribution in [0.1, 0.15) is 27.9 Å². The van der Waals surface area contributed by atoms with E-state index in [0.29, 0.717) is 23.9 Å². The molecule has 0 fully saturated rings. The minimum atomic E-state index is -0.977. The van der Waals surface area contributed by atoms with Gasteiger partial charge in [0.25, 0.3) is 0 Å². The standard InChI is InChI=1S/C22H19ClN2O3/c1-13-2-4-20(17(10-13)22(26)27)25-21-16-11-15(23)3-5-19(16)24-12-18(21)14-6-8-28-9-7-14/h2-6,10-12H,7-9H2,1H3,(H,24,25)(H,26,27). The Labute approximate surface area is 167 Å². The lowest BCUT2D eigenvalue weighted by Crippen LogP contribution is -2.08. The highest BCUT2D eigenvalue weighted by Crippen LogP contribution is 2.37. The van der Waals surface area contributed by atoms with Crippen molar-refractivity contribution in [2.24, 2.45) is 0 Å². The summed E-state index contributed by atoms with van der Waals surface area (Å²) in [6.07, 6.45) is 4.63. The first kappa shape index (κ1) is 18.5. The predicted octanol–water partition coefficient (Wildman–Crippen LogP) is 5.44. The number of rotatable bonds is 4. The molecule has 3 aromatic rings. The maximum absolute atomic E-state index is 11.8. The first-order valence-electron chi connectivity index (χ1n) is 8.99. The number of aromatic carboxylic acids is 1. The number of carbonyl (C=O) groups is 1. The van der Waals surface area contributed by atoms with Gasteiger partial charge in [-0.3, -0.25) is 4.98 Å². The summed E-state index contributed by atoms with van der Waals surface area (Å²) in [7, 11) is 0. The van der Waals surface area contributed by atoms with Crippen LogP contribution >= 0.6 is 11.6 Å². The molecule has 2 aromatic carbocycles. The van der Waals surface area contributed by atoms with Gasteiger partial charge in [0.05, 0.1) is 35.7 Å². The van der Waals surface area contributed by atoms with Gasteiger partial charge in [-0.2, -0.15) is 0 Å². The quantitative estimate of drug-likeness (QED) is 0.616. The summed E-state index contributed by atoms with van der Waals surface area (Å²) < 4.78 is 5.43. The van der Waals surface area contributed by atoms with Gasteiger partial charge in [-0.25, -0.2) is 4.79 Å². The molecule has 2 N–H and O–H groups in total. The molecule has 4 rings (SSSR count). The van der Waals surface area contributed by atoms with Gasteiger partial charge in [-0.05, 0) is 49.2 Å². The fraction of sp³-hybridized carbons (Fsp3) is 0.182. The molecule has 1 aliphatic heterocycles.